The summed E-state index contributed by atoms with van der Waals surface area (Å²) in [7, 11) is -3.65. The molecule has 164 valence electrons. The van der Waals surface area contributed by atoms with E-state index in [1.54, 1.807) is 30.0 Å². The minimum absolute atomic E-state index is 0.184. The molecule has 0 unspecified atom stereocenters. The Morgan fingerprint density at radius 2 is 1.77 bits per heavy atom. The fourth-order valence-corrected chi connectivity index (χ4v) is 5.44. The number of sulfonamides is 1. The number of carbonyl (C=O) groups excluding carboxylic acids is 1. The number of hydrogen-bond acceptors (Lipinski definition) is 4. The van der Waals surface area contributed by atoms with Crippen molar-refractivity contribution in [2.45, 2.75) is 25.2 Å². The molecule has 4 rings (SSSR count). The fourth-order valence-electron chi connectivity index (χ4n) is 3.81. The summed E-state index contributed by atoms with van der Waals surface area (Å²) in [5.74, 6) is -0.719. The zero-order chi connectivity index (χ0) is 22.3. The lowest BCUT2D eigenvalue weighted by atomic mass is 10.1. The van der Waals surface area contributed by atoms with E-state index in [9.17, 15) is 22.0 Å². The largest absolute Gasteiger partial charge is 0.337 e. The molecule has 1 N–H and O–H groups in total. The number of aryl methyl sites for hydroxylation is 2. The summed E-state index contributed by atoms with van der Waals surface area (Å²) in [6, 6.07) is 9.77. The molecule has 0 atom stereocenters. The standard InChI is InChI=1S/C21H22F2N4O3S/c1-13-3-6-18(14(2)11-13)31(29,30)27-9-7-26(8-10-27)21(28)15-4-5-16-17(12-15)25-20(24-16)19(22)23/h3-6,11-12,19H,7-10H2,1-2H3,(H,24,25). The van der Waals surface area contributed by atoms with E-state index in [2.05, 4.69) is 9.97 Å². The molecular weight excluding hydrogens is 426 g/mol. The van der Waals surface area contributed by atoms with Gasteiger partial charge in [-0.25, -0.2) is 22.2 Å². The second-order valence-electron chi connectivity index (χ2n) is 7.62. The van der Waals surface area contributed by atoms with Crippen LogP contribution in [0.5, 0.6) is 0 Å². The minimum atomic E-state index is -3.65. The summed E-state index contributed by atoms with van der Waals surface area (Å²) < 4.78 is 53.1. The Balaban J connectivity index is 1.48. The molecule has 0 bridgehead atoms. The van der Waals surface area contributed by atoms with Crippen LogP contribution in [0.3, 0.4) is 0 Å². The molecule has 0 saturated carbocycles. The van der Waals surface area contributed by atoms with E-state index >= 15 is 0 Å². The van der Waals surface area contributed by atoms with Gasteiger partial charge in [0.05, 0.1) is 15.9 Å². The van der Waals surface area contributed by atoms with Crippen LogP contribution >= 0.6 is 0 Å². The van der Waals surface area contributed by atoms with Crippen LogP contribution in [0.15, 0.2) is 41.3 Å². The molecule has 0 spiro atoms. The van der Waals surface area contributed by atoms with Crippen molar-refractivity contribution in [3.63, 3.8) is 0 Å². The summed E-state index contributed by atoms with van der Waals surface area (Å²) in [5, 5.41) is 0. The monoisotopic (exact) mass is 448 g/mol. The van der Waals surface area contributed by atoms with Crippen LogP contribution in [-0.4, -0.2) is 59.7 Å². The van der Waals surface area contributed by atoms with Gasteiger partial charge < -0.3 is 9.88 Å². The molecule has 7 nitrogen and oxygen atoms in total. The number of carbonyl (C=O) groups is 1. The van der Waals surface area contributed by atoms with E-state index in [-0.39, 0.29) is 37.0 Å². The molecule has 1 aliphatic rings. The van der Waals surface area contributed by atoms with Crippen LogP contribution in [0, 0.1) is 13.8 Å². The summed E-state index contributed by atoms with van der Waals surface area (Å²) >= 11 is 0. The summed E-state index contributed by atoms with van der Waals surface area (Å²) in [5.41, 5.74) is 2.73. The fraction of sp³-hybridized carbons (Fsp3) is 0.333. The van der Waals surface area contributed by atoms with Gasteiger partial charge >= 0.3 is 0 Å². The first-order valence-electron chi connectivity index (χ1n) is 9.81. The van der Waals surface area contributed by atoms with Gasteiger partial charge in [-0.3, -0.25) is 4.79 Å². The number of piperazine rings is 1. The maximum Gasteiger partial charge on any atom is 0.295 e. The number of hydrogen-bond donors (Lipinski definition) is 1. The van der Waals surface area contributed by atoms with E-state index in [1.165, 1.54) is 16.4 Å². The molecule has 1 aliphatic heterocycles. The summed E-state index contributed by atoms with van der Waals surface area (Å²) in [4.78, 5) is 21.0. The molecule has 1 amide bonds. The first-order valence-corrected chi connectivity index (χ1v) is 11.3. The normalized spacial score (nSPS) is 15.7. The van der Waals surface area contributed by atoms with Crippen LogP contribution in [0.1, 0.15) is 33.7 Å². The average Bonchev–Trinajstić information content (AvgIpc) is 3.17. The Labute approximate surface area is 178 Å². The number of halogens is 2. The highest BCUT2D eigenvalue weighted by atomic mass is 32.2. The van der Waals surface area contributed by atoms with Gasteiger partial charge in [0.25, 0.3) is 12.3 Å². The number of amides is 1. The van der Waals surface area contributed by atoms with Crippen LogP contribution in [0.2, 0.25) is 0 Å². The van der Waals surface area contributed by atoms with Gasteiger partial charge in [0, 0.05) is 31.7 Å². The van der Waals surface area contributed by atoms with Crippen molar-refractivity contribution in [2.75, 3.05) is 26.2 Å². The maximum atomic E-state index is 13.0. The number of aromatic amines is 1. The molecule has 31 heavy (non-hydrogen) atoms. The van der Waals surface area contributed by atoms with Crippen molar-refractivity contribution < 1.29 is 22.0 Å². The Morgan fingerprint density at radius 3 is 2.42 bits per heavy atom. The SMILES string of the molecule is Cc1ccc(S(=O)(=O)N2CCN(C(=O)c3ccc4nc(C(F)F)[nH]c4c3)CC2)c(C)c1. The summed E-state index contributed by atoms with van der Waals surface area (Å²) in [6.07, 6.45) is -2.72. The molecular formula is C21H22F2N4O3S. The topological polar surface area (TPSA) is 86.4 Å². The zero-order valence-corrected chi connectivity index (χ0v) is 17.9. The average molecular weight is 448 g/mol. The van der Waals surface area contributed by atoms with Gasteiger partial charge in [0.1, 0.15) is 0 Å². The number of H-pyrrole nitrogens is 1. The number of fused-ring (bicyclic) bond motifs is 1. The number of rotatable bonds is 4. The molecule has 1 saturated heterocycles. The quantitative estimate of drug-likeness (QED) is 0.664. The van der Waals surface area contributed by atoms with Gasteiger partial charge in [-0.2, -0.15) is 4.31 Å². The molecule has 1 aromatic heterocycles. The molecule has 2 aromatic carbocycles. The van der Waals surface area contributed by atoms with Gasteiger partial charge in [-0.05, 0) is 43.7 Å². The lowest BCUT2D eigenvalue weighted by Gasteiger charge is -2.34. The van der Waals surface area contributed by atoms with Gasteiger partial charge in [-0.1, -0.05) is 17.7 Å². The molecule has 10 heteroatoms. The first kappa shape index (κ1) is 21.4. The number of benzene rings is 2. The third-order valence-electron chi connectivity index (χ3n) is 5.43. The van der Waals surface area contributed by atoms with Crippen molar-refractivity contribution >= 4 is 27.0 Å². The lowest BCUT2D eigenvalue weighted by molar-refractivity contribution is 0.0698. The second kappa shape index (κ2) is 8.01. The third kappa shape index (κ3) is 4.05. The first-order chi connectivity index (χ1) is 14.7. The number of aromatic nitrogens is 2. The van der Waals surface area contributed by atoms with Crippen molar-refractivity contribution in [3.05, 3.63) is 58.9 Å². The smallest absolute Gasteiger partial charge is 0.295 e. The Bertz CT molecular complexity index is 1250. The van der Waals surface area contributed by atoms with E-state index in [4.69, 9.17) is 0 Å². The van der Waals surface area contributed by atoms with E-state index in [0.717, 1.165) is 5.56 Å². The van der Waals surface area contributed by atoms with Gasteiger partial charge in [0.2, 0.25) is 10.0 Å². The molecule has 3 aromatic rings. The van der Waals surface area contributed by atoms with Crippen molar-refractivity contribution in [1.29, 1.82) is 0 Å². The van der Waals surface area contributed by atoms with Crippen molar-refractivity contribution in [2.24, 2.45) is 0 Å². The number of nitrogens with one attached hydrogen (secondary N) is 1. The lowest BCUT2D eigenvalue weighted by Crippen LogP contribution is -2.50. The van der Waals surface area contributed by atoms with Crippen LogP contribution in [0.25, 0.3) is 11.0 Å². The van der Waals surface area contributed by atoms with Crippen LogP contribution in [-0.2, 0) is 10.0 Å². The Hall–Kier alpha value is -2.85. The number of imidazole rings is 1. The Kier molecular flexibility index (Phi) is 5.52. The third-order valence-corrected chi connectivity index (χ3v) is 7.49. The van der Waals surface area contributed by atoms with Crippen LogP contribution < -0.4 is 0 Å². The highest BCUT2D eigenvalue weighted by molar-refractivity contribution is 7.89. The zero-order valence-electron chi connectivity index (χ0n) is 17.1. The van der Waals surface area contributed by atoms with Crippen molar-refractivity contribution in [3.8, 4) is 0 Å². The van der Waals surface area contributed by atoms with Gasteiger partial charge in [-0.15, -0.1) is 0 Å². The van der Waals surface area contributed by atoms with E-state index in [0.29, 0.717) is 22.2 Å². The summed E-state index contributed by atoms with van der Waals surface area (Å²) in [6.45, 7) is 4.53. The Morgan fingerprint density at radius 1 is 1.06 bits per heavy atom. The highest BCUT2D eigenvalue weighted by Gasteiger charge is 2.31. The molecule has 1 fully saturated rings. The van der Waals surface area contributed by atoms with E-state index in [1.807, 2.05) is 13.0 Å². The van der Waals surface area contributed by atoms with Gasteiger partial charge in [0.15, 0.2) is 5.82 Å². The molecule has 2 heterocycles. The van der Waals surface area contributed by atoms with E-state index < -0.39 is 22.3 Å². The predicted octanol–water partition coefficient (Wildman–Crippen LogP) is 3.26. The highest BCUT2D eigenvalue weighted by Crippen LogP contribution is 2.24. The number of alkyl halides is 2. The maximum absolute atomic E-state index is 13.0. The predicted molar refractivity (Wildman–Crippen MR) is 112 cm³/mol. The molecule has 0 radical (unpaired) electrons. The van der Waals surface area contributed by atoms with Crippen LogP contribution in [0.4, 0.5) is 8.78 Å². The molecule has 0 aliphatic carbocycles. The number of nitrogens with zero attached hydrogens (tertiary/aromatic N) is 3. The minimum Gasteiger partial charge on any atom is -0.337 e. The van der Waals surface area contributed by atoms with Crippen molar-refractivity contribution in [1.82, 2.24) is 19.2 Å². The second-order valence-corrected chi connectivity index (χ2v) is 9.53.